The molecule has 4 rings (SSSR count). The van der Waals surface area contributed by atoms with Crippen LogP contribution in [0.25, 0.3) is 21.8 Å². The predicted molar refractivity (Wildman–Crippen MR) is 102 cm³/mol. The van der Waals surface area contributed by atoms with Gasteiger partial charge in [0.1, 0.15) is 5.75 Å². The number of phenols is 1. The van der Waals surface area contributed by atoms with Crippen molar-refractivity contribution >= 4 is 21.8 Å². The summed E-state index contributed by atoms with van der Waals surface area (Å²) in [5, 5.41) is 12.0. The van der Waals surface area contributed by atoms with E-state index in [0.29, 0.717) is 13.1 Å². The monoisotopic (exact) mass is 334 g/mol. The van der Waals surface area contributed by atoms with Crippen LogP contribution in [0.2, 0.25) is 0 Å². The largest absolute Gasteiger partial charge is 0.508 e. The summed E-state index contributed by atoms with van der Waals surface area (Å²) in [4.78, 5) is 6.81. The number of nitrogens with two attached hydrogens (primary N) is 2. The number of nitrogens with one attached hydrogen (secondary N) is 2. The van der Waals surface area contributed by atoms with Gasteiger partial charge in [0.15, 0.2) is 0 Å². The third kappa shape index (κ3) is 2.58. The molecule has 1 unspecified atom stereocenters. The van der Waals surface area contributed by atoms with Gasteiger partial charge in [-0.25, -0.2) is 0 Å². The van der Waals surface area contributed by atoms with E-state index < -0.39 is 0 Å². The molecule has 0 amide bonds. The summed E-state index contributed by atoms with van der Waals surface area (Å²) >= 11 is 0. The van der Waals surface area contributed by atoms with Crippen LogP contribution in [0.3, 0.4) is 0 Å². The standard InChI is InChI=1S/C20H22N4O/c21-8-7-15-13-3-1-2-4-18(13)24-20(15)16(10-22)17-11-23-19-9-12(25)5-6-14(17)19/h1-6,9,11,16,23-25H,7-8,10,21-22H2. The molecule has 7 N–H and O–H groups in total. The maximum atomic E-state index is 9.70. The molecule has 2 aromatic carbocycles. The molecule has 128 valence electrons. The second-order valence-corrected chi connectivity index (χ2v) is 6.36. The zero-order chi connectivity index (χ0) is 17.4. The number of H-pyrrole nitrogens is 2. The van der Waals surface area contributed by atoms with Gasteiger partial charge in [0.25, 0.3) is 0 Å². The molecule has 0 aliphatic rings. The Bertz CT molecular complexity index is 1030. The van der Waals surface area contributed by atoms with Gasteiger partial charge in [0.2, 0.25) is 0 Å². The van der Waals surface area contributed by atoms with Crippen LogP contribution >= 0.6 is 0 Å². The predicted octanol–water partition coefficient (Wildman–Crippen LogP) is 2.95. The van der Waals surface area contributed by atoms with Crippen LogP contribution in [0.5, 0.6) is 5.75 Å². The highest BCUT2D eigenvalue weighted by Crippen LogP contribution is 2.35. The van der Waals surface area contributed by atoms with E-state index in [1.807, 2.05) is 24.4 Å². The molecule has 5 heteroatoms. The Hall–Kier alpha value is -2.76. The molecule has 1 atom stereocenters. The van der Waals surface area contributed by atoms with Crippen molar-refractivity contribution in [2.75, 3.05) is 13.1 Å². The van der Waals surface area contributed by atoms with Gasteiger partial charge >= 0.3 is 0 Å². The van der Waals surface area contributed by atoms with Crippen molar-refractivity contribution in [2.45, 2.75) is 12.3 Å². The molecule has 0 fully saturated rings. The van der Waals surface area contributed by atoms with Crippen molar-refractivity contribution < 1.29 is 5.11 Å². The summed E-state index contributed by atoms with van der Waals surface area (Å²) in [5.41, 5.74) is 17.6. The van der Waals surface area contributed by atoms with Crippen molar-refractivity contribution in [3.63, 3.8) is 0 Å². The smallest absolute Gasteiger partial charge is 0.117 e. The van der Waals surface area contributed by atoms with Crippen LogP contribution < -0.4 is 11.5 Å². The van der Waals surface area contributed by atoms with Crippen LogP contribution in [0, 0.1) is 0 Å². The number of aromatic amines is 2. The lowest BCUT2D eigenvalue weighted by atomic mass is 9.91. The van der Waals surface area contributed by atoms with Gasteiger partial charge in [-0.15, -0.1) is 0 Å². The van der Waals surface area contributed by atoms with Crippen LogP contribution in [0.15, 0.2) is 48.7 Å². The van der Waals surface area contributed by atoms with Crippen molar-refractivity contribution in [3.05, 3.63) is 65.5 Å². The lowest BCUT2D eigenvalue weighted by molar-refractivity contribution is 0.476. The third-order valence-corrected chi connectivity index (χ3v) is 4.90. The van der Waals surface area contributed by atoms with Crippen LogP contribution in [-0.2, 0) is 6.42 Å². The Balaban J connectivity index is 1.91. The van der Waals surface area contributed by atoms with Crippen LogP contribution in [0.4, 0.5) is 0 Å². The number of rotatable bonds is 5. The molecule has 0 radical (unpaired) electrons. The zero-order valence-electron chi connectivity index (χ0n) is 13.9. The summed E-state index contributed by atoms with van der Waals surface area (Å²) in [7, 11) is 0. The number of hydrogen-bond acceptors (Lipinski definition) is 3. The first kappa shape index (κ1) is 15.7. The van der Waals surface area contributed by atoms with Gasteiger partial charge in [-0.2, -0.15) is 0 Å². The van der Waals surface area contributed by atoms with Crippen molar-refractivity contribution in [2.24, 2.45) is 11.5 Å². The normalized spacial score (nSPS) is 12.9. The molecule has 0 bridgehead atoms. The quantitative estimate of drug-likeness (QED) is 0.387. The second-order valence-electron chi connectivity index (χ2n) is 6.36. The first-order chi connectivity index (χ1) is 12.2. The van der Waals surface area contributed by atoms with Gasteiger partial charge in [0.05, 0.1) is 0 Å². The van der Waals surface area contributed by atoms with Gasteiger partial charge in [0, 0.05) is 52.2 Å². The Morgan fingerprint density at radius 2 is 1.84 bits per heavy atom. The van der Waals surface area contributed by atoms with E-state index in [4.69, 9.17) is 11.5 Å². The van der Waals surface area contributed by atoms with E-state index in [1.54, 1.807) is 12.1 Å². The van der Waals surface area contributed by atoms with E-state index in [0.717, 1.165) is 34.1 Å². The number of para-hydroxylation sites is 1. The second kappa shape index (κ2) is 6.27. The molecule has 2 aromatic heterocycles. The highest BCUT2D eigenvalue weighted by molar-refractivity contribution is 5.88. The number of fused-ring (bicyclic) bond motifs is 2. The first-order valence-electron chi connectivity index (χ1n) is 8.52. The average Bonchev–Trinajstić information content (AvgIpc) is 3.19. The summed E-state index contributed by atoms with van der Waals surface area (Å²) < 4.78 is 0. The molecule has 4 aromatic rings. The Morgan fingerprint density at radius 1 is 1.00 bits per heavy atom. The average molecular weight is 334 g/mol. The van der Waals surface area contributed by atoms with E-state index >= 15 is 0 Å². The molecular formula is C20H22N4O. The highest BCUT2D eigenvalue weighted by atomic mass is 16.3. The minimum absolute atomic E-state index is 0.0345. The summed E-state index contributed by atoms with van der Waals surface area (Å²) in [6.07, 6.45) is 2.79. The molecule has 0 aliphatic heterocycles. The number of phenolic OH excluding ortho intramolecular Hbond substituents is 1. The molecule has 0 saturated heterocycles. The molecule has 0 spiro atoms. The molecular weight excluding hydrogens is 312 g/mol. The summed E-state index contributed by atoms with van der Waals surface area (Å²) in [6, 6.07) is 13.7. The number of hydrogen-bond donors (Lipinski definition) is 5. The third-order valence-electron chi connectivity index (χ3n) is 4.90. The van der Waals surface area contributed by atoms with E-state index in [-0.39, 0.29) is 11.7 Å². The number of benzene rings is 2. The lowest BCUT2D eigenvalue weighted by Crippen LogP contribution is -2.16. The molecule has 25 heavy (non-hydrogen) atoms. The zero-order valence-corrected chi connectivity index (χ0v) is 13.9. The minimum atomic E-state index is 0.0345. The Labute approximate surface area is 145 Å². The van der Waals surface area contributed by atoms with E-state index in [2.05, 4.69) is 22.1 Å². The lowest BCUT2D eigenvalue weighted by Gasteiger charge is -2.16. The molecule has 5 nitrogen and oxygen atoms in total. The Morgan fingerprint density at radius 3 is 2.64 bits per heavy atom. The topological polar surface area (TPSA) is 104 Å². The van der Waals surface area contributed by atoms with E-state index in [9.17, 15) is 5.11 Å². The first-order valence-corrected chi connectivity index (χ1v) is 8.52. The number of aromatic nitrogens is 2. The SMILES string of the molecule is NCCc1c(C(CN)c2c[nH]c3cc(O)ccc23)[nH]c2ccccc12. The fourth-order valence-electron chi connectivity index (χ4n) is 3.76. The maximum absolute atomic E-state index is 9.70. The summed E-state index contributed by atoms with van der Waals surface area (Å²) in [5.74, 6) is 0.284. The fraction of sp³-hybridized carbons (Fsp3) is 0.200. The maximum Gasteiger partial charge on any atom is 0.117 e. The van der Waals surface area contributed by atoms with Crippen molar-refractivity contribution in [1.29, 1.82) is 0 Å². The van der Waals surface area contributed by atoms with Gasteiger partial charge in [-0.3, -0.25) is 0 Å². The highest BCUT2D eigenvalue weighted by Gasteiger charge is 2.22. The van der Waals surface area contributed by atoms with Crippen LogP contribution in [0.1, 0.15) is 22.7 Å². The van der Waals surface area contributed by atoms with Gasteiger partial charge in [-0.1, -0.05) is 18.2 Å². The molecule has 0 aliphatic carbocycles. The minimum Gasteiger partial charge on any atom is -0.508 e. The van der Waals surface area contributed by atoms with Crippen molar-refractivity contribution in [3.8, 4) is 5.75 Å². The van der Waals surface area contributed by atoms with E-state index in [1.165, 1.54) is 10.9 Å². The molecule has 0 saturated carbocycles. The molecule has 2 heterocycles. The Kier molecular flexibility index (Phi) is 3.95. The fourth-order valence-corrected chi connectivity index (χ4v) is 3.76. The van der Waals surface area contributed by atoms with Crippen LogP contribution in [-0.4, -0.2) is 28.2 Å². The van der Waals surface area contributed by atoms with Gasteiger partial charge in [-0.05, 0) is 42.3 Å². The number of aromatic hydroxyl groups is 1. The van der Waals surface area contributed by atoms with Crippen molar-refractivity contribution in [1.82, 2.24) is 9.97 Å². The summed E-state index contributed by atoms with van der Waals surface area (Å²) in [6.45, 7) is 1.08. The van der Waals surface area contributed by atoms with Gasteiger partial charge < -0.3 is 26.5 Å².